The minimum atomic E-state index is -0.0577. The molecule has 19 heavy (non-hydrogen) atoms. The van der Waals surface area contributed by atoms with E-state index in [2.05, 4.69) is 18.9 Å². The van der Waals surface area contributed by atoms with Crippen LogP contribution < -0.4 is 5.73 Å². The topological polar surface area (TPSA) is 49.6 Å². The van der Waals surface area contributed by atoms with E-state index < -0.39 is 0 Å². The summed E-state index contributed by atoms with van der Waals surface area (Å²) < 4.78 is 0. The van der Waals surface area contributed by atoms with Crippen molar-refractivity contribution < 1.29 is 4.79 Å². The van der Waals surface area contributed by atoms with Crippen LogP contribution in [-0.4, -0.2) is 55.0 Å². The lowest BCUT2D eigenvalue weighted by molar-refractivity contribution is -0.134. The van der Waals surface area contributed by atoms with Gasteiger partial charge in [0, 0.05) is 25.7 Å². The van der Waals surface area contributed by atoms with Crippen molar-refractivity contribution in [3.8, 4) is 0 Å². The van der Waals surface area contributed by atoms with Gasteiger partial charge in [0.25, 0.3) is 0 Å². The van der Waals surface area contributed by atoms with E-state index in [4.69, 9.17) is 5.73 Å². The highest BCUT2D eigenvalue weighted by atomic mass is 35.5. The Morgan fingerprint density at radius 3 is 2.47 bits per heavy atom. The second kappa shape index (κ2) is 9.81. The summed E-state index contributed by atoms with van der Waals surface area (Å²) in [6.45, 7) is 9.96. The standard InChI is InChI=1S/C13H27N3O.2ClH/c1-5-15(4)8-12-6-7-16(9-12)13(17)10(2)11(3)14;;/h10-12H,5-9,14H2,1-4H3;2*1H. The van der Waals surface area contributed by atoms with E-state index in [-0.39, 0.29) is 42.7 Å². The summed E-state index contributed by atoms with van der Waals surface area (Å²) in [6, 6.07) is -0.0557. The normalized spacial score (nSPS) is 21.6. The third kappa shape index (κ3) is 6.30. The molecule has 0 aromatic rings. The Morgan fingerprint density at radius 2 is 2.00 bits per heavy atom. The maximum Gasteiger partial charge on any atom is 0.226 e. The molecule has 4 nitrogen and oxygen atoms in total. The predicted molar refractivity (Wildman–Crippen MR) is 85.2 cm³/mol. The van der Waals surface area contributed by atoms with E-state index in [1.165, 1.54) is 0 Å². The van der Waals surface area contributed by atoms with Gasteiger partial charge in [0.1, 0.15) is 0 Å². The number of amides is 1. The molecule has 1 aliphatic rings. The van der Waals surface area contributed by atoms with Crippen LogP contribution in [0.15, 0.2) is 0 Å². The van der Waals surface area contributed by atoms with Crippen LogP contribution in [-0.2, 0) is 4.79 Å². The third-order valence-electron chi connectivity index (χ3n) is 3.89. The minimum Gasteiger partial charge on any atom is -0.342 e. The fourth-order valence-electron chi connectivity index (χ4n) is 2.26. The summed E-state index contributed by atoms with van der Waals surface area (Å²) in [5, 5.41) is 0. The van der Waals surface area contributed by atoms with Crippen molar-refractivity contribution in [3.05, 3.63) is 0 Å². The van der Waals surface area contributed by atoms with Gasteiger partial charge in [0.15, 0.2) is 0 Å². The molecule has 3 unspecified atom stereocenters. The summed E-state index contributed by atoms with van der Waals surface area (Å²) in [6.07, 6.45) is 1.13. The van der Waals surface area contributed by atoms with Crippen molar-refractivity contribution in [1.29, 1.82) is 0 Å². The van der Waals surface area contributed by atoms with Crippen molar-refractivity contribution in [3.63, 3.8) is 0 Å². The molecule has 1 aliphatic heterocycles. The Morgan fingerprint density at radius 1 is 1.42 bits per heavy atom. The number of carbonyl (C=O) groups excluding carboxylic acids is 1. The molecule has 0 aliphatic carbocycles. The SMILES string of the molecule is CCN(C)CC1CCN(C(=O)C(C)C(C)N)C1.Cl.Cl. The molecular formula is C13H29Cl2N3O. The summed E-state index contributed by atoms with van der Waals surface area (Å²) >= 11 is 0. The Balaban J connectivity index is 0. The zero-order valence-electron chi connectivity index (χ0n) is 12.5. The predicted octanol–water partition coefficient (Wildman–Crippen LogP) is 1.61. The van der Waals surface area contributed by atoms with Gasteiger partial charge in [0.2, 0.25) is 5.91 Å². The summed E-state index contributed by atoms with van der Waals surface area (Å²) in [5.41, 5.74) is 5.79. The quantitative estimate of drug-likeness (QED) is 0.839. The molecule has 1 saturated heterocycles. The Labute approximate surface area is 129 Å². The molecule has 0 bridgehead atoms. The summed E-state index contributed by atoms with van der Waals surface area (Å²) in [7, 11) is 2.13. The molecule has 3 atom stereocenters. The third-order valence-corrected chi connectivity index (χ3v) is 3.89. The van der Waals surface area contributed by atoms with Crippen molar-refractivity contribution >= 4 is 30.7 Å². The van der Waals surface area contributed by atoms with Crippen LogP contribution in [0.5, 0.6) is 0 Å². The molecule has 6 heteroatoms. The number of halogens is 2. The second-order valence-corrected chi connectivity index (χ2v) is 5.44. The van der Waals surface area contributed by atoms with Gasteiger partial charge in [-0.2, -0.15) is 0 Å². The van der Waals surface area contributed by atoms with Crippen LogP contribution >= 0.6 is 24.8 Å². The van der Waals surface area contributed by atoms with E-state index in [9.17, 15) is 4.79 Å². The molecule has 1 heterocycles. The van der Waals surface area contributed by atoms with E-state index in [0.717, 1.165) is 32.6 Å². The first-order valence-corrected chi connectivity index (χ1v) is 6.68. The molecular weight excluding hydrogens is 285 g/mol. The molecule has 2 N–H and O–H groups in total. The van der Waals surface area contributed by atoms with Crippen LogP contribution in [0.2, 0.25) is 0 Å². The number of carbonyl (C=O) groups is 1. The van der Waals surface area contributed by atoms with Crippen molar-refractivity contribution in [2.24, 2.45) is 17.6 Å². The van der Waals surface area contributed by atoms with Gasteiger partial charge in [-0.25, -0.2) is 0 Å². The first-order chi connectivity index (χ1) is 7.95. The average Bonchev–Trinajstić information content (AvgIpc) is 2.75. The van der Waals surface area contributed by atoms with E-state index >= 15 is 0 Å². The van der Waals surface area contributed by atoms with E-state index in [0.29, 0.717) is 5.92 Å². The highest BCUT2D eigenvalue weighted by Crippen LogP contribution is 2.19. The maximum atomic E-state index is 12.1. The van der Waals surface area contributed by atoms with Gasteiger partial charge in [-0.05, 0) is 32.9 Å². The number of rotatable bonds is 5. The molecule has 1 fully saturated rings. The number of nitrogens with zero attached hydrogens (tertiary/aromatic N) is 2. The highest BCUT2D eigenvalue weighted by Gasteiger charge is 2.30. The van der Waals surface area contributed by atoms with Crippen molar-refractivity contribution in [2.45, 2.75) is 33.2 Å². The van der Waals surface area contributed by atoms with Crippen LogP contribution in [0.3, 0.4) is 0 Å². The minimum absolute atomic E-state index is 0. The van der Waals surface area contributed by atoms with Gasteiger partial charge in [-0.15, -0.1) is 24.8 Å². The smallest absolute Gasteiger partial charge is 0.226 e. The highest BCUT2D eigenvalue weighted by molar-refractivity contribution is 5.85. The number of hydrogen-bond donors (Lipinski definition) is 1. The molecule has 116 valence electrons. The second-order valence-electron chi connectivity index (χ2n) is 5.44. The Hall–Kier alpha value is -0.0300. The summed E-state index contributed by atoms with van der Waals surface area (Å²) in [5.74, 6) is 0.795. The van der Waals surface area contributed by atoms with Gasteiger partial charge >= 0.3 is 0 Å². The monoisotopic (exact) mass is 313 g/mol. The zero-order chi connectivity index (χ0) is 13.0. The van der Waals surface area contributed by atoms with Gasteiger partial charge in [-0.3, -0.25) is 4.79 Å². The lowest BCUT2D eigenvalue weighted by Crippen LogP contribution is -2.41. The summed E-state index contributed by atoms with van der Waals surface area (Å²) in [4.78, 5) is 16.4. The van der Waals surface area contributed by atoms with Crippen molar-refractivity contribution in [1.82, 2.24) is 9.80 Å². The number of likely N-dealkylation sites (tertiary alicyclic amines) is 1. The molecule has 0 aromatic carbocycles. The molecule has 0 spiro atoms. The first-order valence-electron chi connectivity index (χ1n) is 6.68. The average molecular weight is 314 g/mol. The van der Waals surface area contributed by atoms with E-state index in [1.807, 2.05) is 18.7 Å². The van der Waals surface area contributed by atoms with E-state index in [1.54, 1.807) is 0 Å². The van der Waals surface area contributed by atoms with Crippen LogP contribution in [0.1, 0.15) is 27.2 Å². The lowest BCUT2D eigenvalue weighted by atomic mass is 10.0. The maximum absolute atomic E-state index is 12.1. The lowest BCUT2D eigenvalue weighted by Gasteiger charge is -2.24. The fourth-order valence-corrected chi connectivity index (χ4v) is 2.26. The first kappa shape index (κ1) is 21.3. The van der Waals surface area contributed by atoms with Crippen LogP contribution in [0, 0.1) is 11.8 Å². The van der Waals surface area contributed by atoms with Gasteiger partial charge < -0.3 is 15.5 Å². The molecule has 1 rings (SSSR count). The molecule has 0 aromatic heterocycles. The number of hydrogen-bond acceptors (Lipinski definition) is 3. The molecule has 0 radical (unpaired) electrons. The number of nitrogens with two attached hydrogens (primary N) is 1. The molecule has 0 saturated carbocycles. The van der Waals surface area contributed by atoms with Gasteiger partial charge in [-0.1, -0.05) is 13.8 Å². The van der Waals surface area contributed by atoms with Crippen molar-refractivity contribution in [2.75, 3.05) is 33.2 Å². The fraction of sp³-hybridized carbons (Fsp3) is 0.923. The zero-order valence-corrected chi connectivity index (χ0v) is 14.1. The largest absolute Gasteiger partial charge is 0.342 e. The van der Waals surface area contributed by atoms with Crippen LogP contribution in [0.4, 0.5) is 0 Å². The van der Waals surface area contributed by atoms with Gasteiger partial charge in [0.05, 0.1) is 5.92 Å². The molecule has 1 amide bonds. The Kier molecular flexibility index (Phi) is 11.0. The van der Waals surface area contributed by atoms with Crippen LogP contribution in [0.25, 0.3) is 0 Å². The Bertz CT molecular complexity index is 264.